The number of benzene rings is 2. The van der Waals surface area contributed by atoms with E-state index in [9.17, 15) is 14.6 Å². The van der Waals surface area contributed by atoms with Gasteiger partial charge in [-0.25, -0.2) is 5.06 Å². The van der Waals surface area contributed by atoms with Gasteiger partial charge in [-0.3, -0.25) is 14.6 Å². The Morgan fingerprint density at radius 1 is 1.07 bits per heavy atom. The molecule has 3 N–H and O–H groups in total. The van der Waals surface area contributed by atoms with Crippen molar-refractivity contribution < 1.29 is 29.1 Å². The Kier molecular flexibility index (Phi) is 7.68. The number of rotatable bonds is 8. The predicted octanol–water partition coefficient (Wildman–Crippen LogP) is 4.11. The van der Waals surface area contributed by atoms with Gasteiger partial charge in [0.15, 0.2) is 0 Å². The van der Waals surface area contributed by atoms with Crippen LogP contribution >= 0.6 is 30.8 Å². The molecule has 0 aliphatic heterocycles. The zero-order valence-electron chi connectivity index (χ0n) is 14.1. The van der Waals surface area contributed by atoms with E-state index in [0.29, 0.717) is 39.4 Å². The summed E-state index contributed by atoms with van der Waals surface area (Å²) in [5, 5.41) is 10.7. The normalized spacial score (nSPS) is 11.3. The zero-order valence-corrected chi connectivity index (χ0v) is 16.5. The van der Waals surface area contributed by atoms with Crippen molar-refractivity contribution in [1.29, 1.82) is 0 Å². The molecule has 0 radical (unpaired) electrons. The topological polar surface area (TPSA) is 107 Å². The lowest BCUT2D eigenvalue weighted by molar-refractivity contribution is -0.162. The van der Waals surface area contributed by atoms with Gasteiger partial charge < -0.3 is 14.5 Å². The van der Waals surface area contributed by atoms with Gasteiger partial charge in [0.2, 0.25) is 0 Å². The van der Waals surface area contributed by atoms with E-state index >= 15 is 0 Å². The Morgan fingerprint density at radius 3 is 2.44 bits per heavy atom. The summed E-state index contributed by atoms with van der Waals surface area (Å²) in [6.07, 6.45) is -0.0884. The molecular weight excluding hydrogens is 416 g/mol. The smallest absolute Gasteiger partial charge is 0.335 e. The molecule has 2 aromatic carbocycles. The molecule has 0 unspecified atom stereocenters. The van der Waals surface area contributed by atoms with Crippen molar-refractivity contribution in [2.75, 3.05) is 12.7 Å². The molecule has 7 nitrogen and oxygen atoms in total. The number of carbonyl (C=O) groups excluding carboxylic acids is 1. The molecule has 0 aliphatic rings. The summed E-state index contributed by atoms with van der Waals surface area (Å²) < 4.78 is 16.5. The van der Waals surface area contributed by atoms with Crippen molar-refractivity contribution in [1.82, 2.24) is 5.06 Å². The third-order valence-electron chi connectivity index (χ3n) is 3.49. The summed E-state index contributed by atoms with van der Waals surface area (Å²) in [6, 6.07) is 12.2. The van der Waals surface area contributed by atoms with Crippen LogP contribution in [0.5, 0.6) is 11.5 Å². The van der Waals surface area contributed by atoms with E-state index in [1.807, 2.05) is 12.1 Å². The first-order chi connectivity index (χ1) is 12.6. The summed E-state index contributed by atoms with van der Waals surface area (Å²) in [5.41, 5.74) is 0.906. The maximum atomic E-state index is 11.5. The molecule has 2 rings (SSSR count). The summed E-state index contributed by atoms with van der Waals surface area (Å²) >= 11 is 11.8. The Bertz CT molecular complexity index is 857. The van der Waals surface area contributed by atoms with Gasteiger partial charge in [-0.05, 0) is 42.7 Å². The summed E-state index contributed by atoms with van der Waals surface area (Å²) in [6.45, 7) is -0.0449. The van der Waals surface area contributed by atoms with E-state index in [0.717, 1.165) is 5.56 Å². The van der Waals surface area contributed by atoms with E-state index in [1.54, 1.807) is 30.3 Å². The second-order valence-corrected chi connectivity index (χ2v) is 8.23. The van der Waals surface area contributed by atoms with Crippen LogP contribution in [0.15, 0.2) is 42.5 Å². The standard InChI is InChI=1S/C17H18Cl2NO6P/c18-15-7-6-14(10-16(15)19)26-13-5-1-3-12(9-13)4-2-8-20(22)17(21)11-27(23,24)25/h1,3,5-7,9-10,22H,2,4,8,11H2,(H2,23,24,25). The largest absolute Gasteiger partial charge is 0.457 e. The Hall–Kier alpha value is -1.60. The van der Waals surface area contributed by atoms with Crippen molar-refractivity contribution in [3.63, 3.8) is 0 Å². The number of ether oxygens (including phenoxy) is 1. The number of halogens is 2. The first-order valence-corrected chi connectivity index (χ1v) is 10.4. The molecule has 0 spiro atoms. The summed E-state index contributed by atoms with van der Waals surface area (Å²) in [7, 11) is -4.50. The zero-order chi connectivity index (χ0) is 20.0. The first kappa shape index (κ1) is 21.7. The third-order valence-corrected chi connectivity index (χ3v) is 4.91. The van der Waals surface area contributed by atoms with Crippen LogP contribution < -0.4 is 4.74 Å². The molecule has 146 valence electrons. The molecule has 1 amide bonds. The Morgan fingerprint density at radius 2 is 1.78 bits per heavy atom. The fourth-order valence-corrected chi connectivity index (χ4v) is 3.06. The summed E-state index contributed by atoms with van der Waals surface area (Å²) in [4.78, 5) is 28.9. The first-order valence-electron chi connectivity index (χ1n) is 7.90. The van der Waals surface area contributed by atoms with Crippen LogP contribution in [0, 0.1) is 0 Å². The molecule has 0 fully saturated rings. The highest BCUT2D eigenvalue weighted by molar-refractivity contribution is 7.52. The molecular formula is C17H18Cl2NO6P. The monoisotopic (exact) mass is 433 g/mol. The van der Waals surface area contributed by atoms with Crippen molar-refractivity contribution in [3.05, 3.63) is 58.1 Å². The number of aryl methyl sites for hydroxylation is 1. The van der Waals surface area contributed by atoms with Crippen LogP contribution in [0.1, 0.15) is 12.0 Å². The van der Waals surface area contributed by atoms with Crippen LogP contribution in [0.2, 0.25) is 10.0 Å². The number of carbonyl (C=O) groups is 1. The number of hydrogen-bond donors (Lipinski definition) is 3. The number of hydrogen-bond acceptors (Lipinski definition) is 4. The van der Waals surface area contributed by atoms with Gasteiger partial charge in [0.25, 0.3) is 5.91 Å². The van der Waals surface area contributed by atoms with E-state index in [2.05, 4.69) is 0 Å². The molecule has 10 heteroatoms. The van der Waals surface area contributed by atoms with Gasteiger partial charge in [0, 0.05) is 12.6 Å². The third kappa shape index (κ3) is 7.50. The SMILES string of the molecule is O=C(CP(=O)(O)O)N(O)CCCc1cccc(Oc2ccc(Cl)c(Cl)c2)c1. The van der Waals surface area contributed by atoms with Crippen LogP contribution in [0.3, 0.4) is 0 Å². The molecule has 0 heterocycles. The van der Waals surface area contributed by atoms with Crippen molar-refractivity contribution in [2.45, 2.75) is 12.8 Å². The molecule has 0 saturated carbocycles. The maximum Gasteiger partial charge on any atom is 0.335 e. The highest BCUT2D eigenvalue weighted by Crippen LogP contribution is 2.34. The maximum absolute atomic E-state index is 11.5. The Balaban J connectivity index is 1.89. The molecule has 0 aromatic heterocycles. The molecule has 0 aliphatic carbocycles. The van der Waals surface area contributed by atoms with Gasteiger partial charge in [-0.1, -0.05) is 35.3 Å². The van der Waals surface area contributed by atoms with Crippen LogP contribution in [0.4, 0.5) is 0 Å². The lowest BCUT2D eigenvalue weighted by Crippen LogP contribution is -2.31. The predicted molar refractivity (Wildman–Crippen MR) is 102 cm³/mol. The molecule has 2 aromatic rings. The minimum absolute atomic E-state index is 0.0449. The van der Waals surface area contributed by atoms with Crippen LogP contribution in [-0.4, -0.2) is 38.7 Å². The molecule has 27 heavy (non-hydrogen) atoms. The minimum Gasteiger partial charge on any atom is -0.457 e. The second-order valence-electron chi connectivity index (χ2n) is 5.77. The van der Waals surface area contributed by atoms with Gasteiger partial charge in [-0.2, -0.15) is 0 Å². The number of hydroxylamine groups is 2. The lowest BCUT2D eigenvalue weighted by atomic mass is 10.1. The van der Waals surface area contributed by atoms with Gasteiger partial charge in [-0.15, -0.1) is 0 Å². The quantitative estimate of drug-likeness (QED) is 0.328. The minimum atomic E-state index is -4.50. The highest BCUT2D eigenvalue weighted by Gasteiger charge is 2.22. The van der Waals surface area contributed by atoms with Crippen LogP contribution in [0.25, 0.3) is 0 Å². The summed E-state index contributed by atoms with van der Waals surface area (Å²) in [5.74, 6) is 0.107. The Labute approximate surface area is 166 Å². The number of nitrogens with zero attached hydrogens (tertiary/aromatic N) is 1. The average molecular weight is 434 g/mol. The fourth-order valence-electron chi connectivity index (χ4n) is 2.26. The highest BCUT2D eigenvalue weighted by atomic mass is 35.5. The molecule has 0 saturated heterocycles. The van der Waals surface area contributed by atoms with Crippen molar-refractivity contribution >= 4 is 36.7 Å². The van der Waals surface area contributed by atoms with E-state index in [1.165, 1.54) is 0 Å². The van der Waals surface area contributed by atoms with Crippen molar-refractivity contribution in [3.8, 4) is 11.5 Å². The van der Waals surface area contributed by atoms with Crippen molar-refractivity contribution in [2.24, 2.45) is 0 Å². The van der Waals surface area contributed by atoms with E-state index in [4.69, 9.17) is 37.7 Å². The van der Waals surface area contributed by atoms with Crippen LogP contribution in [-0.2, 0) is 15.8 Å². The molecule has 0 atom stereocenters. The number of amides is 1. The van der Waals surface area contributed by atoms with E-state index < -0.39 is 19.7 Å². The van der Waals surface area contributed by atoms with Gasteiger partial charge >= 0.3 is 7.60 Å². The van der Waals surface area contributed by atoms with Gasteiger partial charge in [0.1, 0.15) is 17.7 Å². The fraction of sp³-hybridized carbons (Fsp3) is 0.235. The lowest BCUT2D eigenvalue weighted by Gasteiger charge is -2.15. The van der Waals surface area contributed by atoms with E-state index in [-0.39, 0.29) is 6.54 Å². The molecule has 0 bridgehead atoms. The second kappa shape index (κ2) is 9.55. The van der Waals surface area contributed by atoms with Gasteiger partial charge in [0.05, 0.1) is 10.0 Å². The average Bonchev–Trinajstić information content (AvgIpc) is 2.57.